The zero-order valence-electron chi connectivity index (χ0n) is 20.2. The van der Waals surface area contributed by atoms with Crippen LogP contribution in [0.4, 0.5) is 0 Å². The van der Waals surface area contributed by atoms with E-state index >= 15 is 0 Å². The van der Waals surface area contributed by atoms with Gasteiger partial charge in [-0.05, 0) is 105 Å². The van der Waals surface area contributed by atoms with Crippen molar-refractivity contribution in [3.63, 3.8) is 0 Å². The van der Waals surface area contributed by atoms with Gasteiger partial charge in [-0.1, -0.05) is 27.7 Å². The minimum Gasteiger partial charge on any atom is -0.461 e. The van der Waals surface area contributed by atoms with Gasteiger partial charge in [0.1, 0.15) is 17.9 Å². The number of hydrogen-bond acceptors (Lipinski definition) is 4. The van der Waals surface area contributed by atoms with E-state index in [4.69, 9.17) is 10.5 Å². The van der Waals surface area contributed by atoms with E-state index in [0.717, 1.165) is 43.4 Å². The molecule has 0 aromatic rings. The van der Waals surface area contributed by atoms with Crippen LogP contribution in [0.1, 0.15) is 92.4 Å². The molecule has 178 valence electrons. The first kappa shape index (κ1) is 25.0. The summed E-state index contributed by atoms with van der Waals surface area (Å²) >= 11 is 0. The van der Waals surface area contributed by atoms with Gasteiger partial charge in [0.2, 0.25) is 0 Å². The number of halogens is 1. The Morgan fingerprint density at radius 3 is 2.23 bits per heavy atom. The van der Waals surface area contributed by atoms with Gasteiger partial charge in [-0.2, -0.15) is 0 Å². The highest BCUT2D eigenvalue weighted by Crippen LogP contribution is 2.67. The summed E-state index contributed by atoms with van der Waals surface area (Å²) in [4.78, 5) is 24.7. The lowest BCUT2D eigenvalue weighted by atomic mass is 9.44. The summed E-state index contributed by atoms with van der Waals surface area (Å²) in [6.07, 6.45) is 10.6. The van der Waals surface area contributed by atoms with Gasteiger partial charge in [0.15, 0.2) is 0 Å². The standard InChI is InChI=1S/C26H43NO3.ClH/c1-15(2)23(27)24(29)30-18-10-12-25(4)17(14-18)6-7-19-21-9-8-20(16(3)28)26(21,5)13-11-22(19)25;/h15,17-23H,6-14,27H2,1-5H3;1H/t17-,18-,19+,20-,21+,22+,23+,25+,26-;/m1./s1. The van der Waals surface area contributed by atoms with Crippen LogP contribution in [0.2, 0.25) is 0 Å². The Bertz CT molecular complexity index is 696. The number of rotatable bonds is 4. The Hall–Kier alpha value is -0.610. The summed E-state index contributed by atoms with van der Waals surface area (Å²) < 4.78 is 5.87. The molecule has 4 aliphatic rings. The smallest absolute Gasteiger partial charge is 0.323 e. The molecule has 0 aromatic heterocycles. The number of ketones is 1. The maximum atomic E-state index is 12.4. The third-order valence-corrected chi connectivity index (χ3v) is 10.4. The molecule has 4 aliphatic carbocycles. The number of ether oxygens (including phenoxy) is 1. The van der Waals surface area contributed by atoms with Gasteiger partial charge in [0, 0.05) is 5.92 Å². The molecule has 31 heavy (non-hydrogen) atoms. The third-order valence-electron chi connectivity index (χ3n) is 10.4. The molecule has 4 fully saturated rings. The van der Waals surface area contributed by atoms with E-state index in [-0.39, 0.29) is 41.7 Å². The van der Waals surface area contributed by atoms with Crippen molar-refractivity contribution < 1.29 is 14.3 Å². The Kier molecular flexibility index (Phi) is 7.24. The SMILES string of the molecule is CC(=O)[C@H]1CC[C@H]2[C@@H]3CC[C@@H]4C[C@H](OC(=O)[C@@H](N)C(C)C)CC[C@]4(C)[C@H]3CC[C@]12C.Cl. The number of carbonyl (C=O) groups is 2. The predicted octanol–water partition coefficient (Wildman–Crippen LogP) is 5.55. The molecule has 0 unspecified atom stereocenters. The van der Waals surface area contributed by atoms with Crippen molar-refractivity contribution in [2.24, 2.45) is 52.1 Å². The van der Waals surface area contributed by atoms with Crippen LogP contribution < -0.4 is 5.73 Å². The van der Waals surface area contributed by atoms with Crippen LogP contribution in [0.15, 0.2) is 0 Å². The molecule has 4 saturated carbocycles. The number of Topliss-reactive ketones (excluding diaryl/α,β-unsaturated/α-hetero) is 1. The van der Waals surface area contributed by atoms with Crippen LogP contribution in [-0.4, -0.2) is 23.9 Å². The number of nitrogens with two attached hydrogens (primary N) is 1. The van der Waals surface area contributed by atoms with Gasteiger partial charge in [-0.25, -0.2) is 0 Å². The largest absolute Gasteiger partial charge is 0.461 e. The molecule has 0 saturated heterocycles. The number of fused-ring (bicyclic) bond motifs is 5. The van der Waals surface area contributed by atoms with Crippen LogP contribution in [0.5, 0.6) is 0 Å². The van der Waals surface area contributed by atoms with E-state index < -0.39 is 6.04 Å². The second-order valence-corrected chi connectivity index (χ2v) is 12.0. The zero-order valence-corrected chi connectivity index (χ0v) is 21.0. The van der Waals surface area contributed by atoms with Crippen molar-refractivity contribution in [1.82, 2.24) is 0 Å². The minimum absolute atomic E-state index is 0. The summed E-state index contributed by atoms with van der Waals surface area (Å²) in [5.41, 5.74) is 6.61. The predicted molar refractivity (Wildman–Crippen MR) is 126 cm³/mol. The molecule has 9 atom stereocenters. The zero-order chi connectivity index (χ0) is 21.8. The first-order chi connectivity index (χ1) is 14.1. The van der Waals surface area contributed by atoms with Gasteiger partial charge in [-0.3, -0.25) is 9.59 Å². The third kappa shape index (κ3) is 4.09. The Labute approximate surface area is 195 Å². The van der Waals surface area contributed by atoms with Crippen LogP contribution in [-0.2, 0) is 14.3 Å². The fraction of sp³-hybridized carbons (Fsp3) is 0.923. The van der Waals surface area contributed by atoms with Crippen LogP contribution in [0.25, 0.3) is 0 Å². The van der Waals surface area contributed by atoms with Crippen LogP contribution in [0, 0.1) is 46.3 Å². The highest BCUT2D eigenvalue weighted by atomic mass is 35.5. The van der Waals surface area contributed by atoms with E-state index in [1.807, 2.05) is 20.8 Å². The normalized spacial score (nSPS) is 45.0. The second-order valence-electron chi connectivity index (χ2n) is 12.0. The Morgan fingerprint density at radius 2 is 1.58 bits per heavy atom. The molecule has 0 radical (unpaired) electrons. The Balaban J connectivity index is 0.00000272. The topological polar surface area (TPSA) is 69.4 Å². The van der Waals surface area contributed by atoms with Crippen molar-refractivity contribution in [2.75, 3.05) is 0 Å². The van der Waals surface area contributed by atoms with Gasteiger partial charge >= 0.3 is 5.97 Å². The monoisotopic (exact) mass is 453 g/mol. The molecule has 0 heterocycles. The molecular weight excluding hydrogens is 410 g/mol. The number of esters is 1. The summed E-state index contributed by atoms with van der Waals surface area (Å²) in [6.45, 7) is 10.7. The molecule has 0 aromatic carbocycles. The maximum absolute atomic E-state index is 12.4. The maximum Gasteiger partial charge on any atom is 0.323 e. The molecule has 0 aliphatic heterocycles. The van der Waals surface area contributed by atoms with Gasteiger partial charge in [0.25, 0.3) is 0 Å². The summed E-state index contributed by atoms with van der Waals surface area (Å²) in [7, 11) is 0. The summed E-state index contributed by atoms with van der Waals surface area (Å²) in [5.74, 6) is 3.52. The van der Waals surface area contributed by atoms with Crippen molar-refractivity contribution >= 4 is 24.2 Å². The van der Waals surface area contributed by atoms with E-state index in [9.17, 15) is 9.59 Å². The lowest BCUT2D eigenvalue weighted by molar-refractivity contribution is -0.165. The molecule has 0 spiro atoms. The quantitative estimate of drug-likeness (QED) is 0.566. The van der Waals surface area contributed by atoms with E-state index in [1.165, 1.54) is 32.1 Å². The Morgan fingerprint density at radius 1 is 0.935 bits per heavy atom. The lowest BCUT2D eigenvalue weighted by Crippen LogP contribution is -2.54. The van der Waals surface area contributed by atoms with Gasteiger partial charge < -0.3 is 10.5 Å². The molecule has 2 N–H and O–H groups in total. The highest BCUT2D eigenvalue weighted by Gasteiger charge is 2.60. The minimum atomic E-state index is -0.512. The van der Waals surface area contributed by atoms with Gasteiger partial charge in [0.05, 0.1) is 0 Å². The van der Waals surface area contributed by atoms with Gasteiger partial charge in [-0.15, -0.1) is 12.4 Å². The fourth-order valence-corrected chi connectivity index (χ4v) is 8.51. The average molecular weight is 454 g/mol. The molecule has 0 bridgehead atoms. The first-order valence-electron chi connectivity index (χ1n) is 12.5. The highest BCUT2D eigenvalue weighted by molar-refractivity contribution is 5.85. The number of hydrogen-bond donors (Lipinski definition) is 1. The van der Waals surface area contributed by atoms with Crippen molar-refractivity contribution in [3.8, 4) is 0 Å². The molecule has 4 nitrogen and oxygen atoms in total. The van der Waals surface area contributed by atoms with E-state index in [1.54, 1.807) is 0 Å². The van der Waals surface area contributed by atoms with E-state index in [2.05, 4.69) is 13.8 Å². The molecular formula is C26H44ClNO3. The number of carbonyl (C=O) groups excluding carboxylic acids is 2. The van der Waals surface area contributed by atoms with Crippen LogP contribution in [0.3, 0.4) is 0 Å². The molecule has 4 rings (SSSR count). The average Bonchev–Trinajstić information content (AvgIpc) is 3.05. The molecule has 5 heteroatoms. The van der Waals surface area contributed by atoms with Crippen molar-refractivity contribution in [1.29, 1.82) is 0 Å². The second kappa shape index (κ2) is 8.97. The van der Waals surface area contributed by atoms with E-state index in [0.29, 0.717) is 17.1 Å². The van der Waals surface area contributed by atoms with Crippen molar-refractivity contribution in [3.05, 3.63) is 0 Å². The van der Waals surface area contributed by atoms with Crippen molar-refractivity contribution in [2.45, 2.75) is 105 Å². The first-order valence-corrected chi connectivity index (χ1v) is 12.5. The van der Waals surface area contributed by atoms with Crippen LogP contribution >= 0.6 is 12.4 Å². The fourth-order valence-electron chi connectivity index (χ4n) is 8.51. The molecule has 0 amide bonds. The summed E-state index contributed by atoms with van der Waals surface area (Å²) in [6, 6.07) is -0.512. The lowest BCUT2D eigenvalue weighted by Gasteiger charge is -2.61. The summed E-state index contributed by atoms with van der Waals surface area (Å²) in [5, 5.41) is 0.